The molecule has 0 bridgehead atoms. The highest BCUT2D eigenvalue weighted by molar-refractivity contribution is 9.10. The Labute approximate surface area is 172 Å². The van der Waals surface area contributed by atoms with E-state index in [2.05, 4.69) is 41.2 Å². The number of amides is 1. The molecule has 2 aromatic carbocycles. The average Bonchev–Trinajstić information content (AvgIpc) is 3.11. The lowest BCUT2D eigenvalue weighted by Crippen LogP contribution is -2.19. The number of rotatable bonds is 6. The number of nitrogens with two attached hydrogens (primary N) is 1. The molecule has 1 heterocycles. The summed E-state index contributed by atoms with van der Waals surface area (Å²) in [6.07, 6.45) is 0.703. The number of aromatic nitrogens is 2. The average molecular weight is 467 g/mol. The molecule has 0 spiro atoms. The number of carbonyl (C=O) groups is 1. The molecule has 10 heteroatoms. The lowest BCUT2D eigenvalue weighted by Gasteiger charge is -2.04. The molecular formula is C18H14BrClFN5O2. The monoisotopic (exact) mass is 465 g/mol. The molecule has 28 heavy (non-hydrogen) atoms. The van der Waals surface area contributed by atoms with Gasteiger partial charge in [0.15, 0.2) is 11.5 Å². The number of nitrogens with one attached hydrogen (secondary N) is 1. The first-order valence-corrected chi connectivity index (χ1v) is 9.26. The molecule has 0 fully saturated rings. The van der Waals surface area contributed by atoms with Gasteiger partial charge in [-0.3, -0.25) is 4.79 Å². The summed E-state index contributed by atoms with van der Waals surface area (Å²) in [4.78, 5) is 16.3. The predicted octanol–water partition coefficient (Wildman–Crippen LogP) is 4.23. The Morgan fingerprint density at radius 3 is 2.86 bits per heavy atom. The number of anilines is 1. The number of nitrogens with zero attached hydrogens (tertiary/aromatic N) is 3. The molecule has 3 N–H and O–H groups in total. The summed E-state index contributed by atoms with van der Waals surface area (Å²) in [5.74, 6) is -0.703. The molecule has 0 aliphatic carbocycles. The largest absolute Gasteiger partial charge is 0.382 e. The molecule has 0 aliphatic rings. The van der Waals surface area contributed by atoms with E-state index in [0.717, 1.165) is 5.56 Å². The Kier molecular flexibility index (Phi) is 6.37. The van der Waals surface area contributed by atoms with E-state index in [0.29, 0.717) is 17.1 Å². The van der Waals surface area contributed by atoms with Gasteiger partial charge >= 0.3 is 0 Å². The maximum atomic E-state index is 13.3. The predicted molar refractivity (Wildman–Crippen MR) is 107 cm³/mol. The molecule has 3 rings (SSSR count). The molecule has 3 aromatic rings. The molecule has 0 radical (unpaired) electrons. The normalized spacial score (nSPS) is 11.5. The Bertz CT molecular complexity index is 1040. The Hall–Kier alpha value is -2.78. The van der Waals surface area contributed by atoms with Crippen LogP contribution in [0, 0.1) is 5.82 Å². The first-order chi connectivity index (χ1) is 13.4. The minimum atomic E-state index is -0.423. The highest BCUT2D eigenvalue weighted by Crippen LogP contribution is 2.23. The Morgan fingerprint density at radius 1 is 1.29 bits per heavy atom. The fraction of sp³-hybridized carbons (Fsp3) is 0.111. The number of benzene rings is 2. The third-order valence-corrected chi connectivity index (χ3v) is 4.51. The van der Waals surface area contributed by atoms with E-state index in [1.807, 2.05) is 12.1 Å². The summed E-state index contributed by atoms with van der Waals surface area (Å²) in [5, 5.41) is 10.5. The minimum absolute atomic E-state index is 0.0371. The molecule has 0 saturated carbocycles. The number of amidine groups is 1. The van der Waals surface area contributed by atoms with Crippen LogP contribution in [0.1, 0.15) is 17.7 Å². The summed E-state index contributed by atoms with van der Waals surface area (Å²) in [6.45, 7) is 0. The van der Waals surface area contributed by atoms with Crippen molar-refractivity contribution in [2.45, 2.75) is 12.8 Å². The molecule has 7 nitrogen and oxygen atoms in total. The van der Waals surface area contributed by atoms with Gasteiger partial charge in [-0.2, -0.15) is 0 Å². The van der Waals surface area contributed by atoms with Crippen LogP contribution in [-0.4, -0.2) is 22.1 Å². The maximum Gasteiger partial charge on any atom is 0.226 e. The highest BCUT2D eigenvalue weighted by atomic mass is 79.9. The molecule has 1 aromatic heterocycles. The van der Waals surface area contributed by atoms with Gasteiger partial charge in [-0.05, 0) is 68.6 Å². The molecule has 0 unspecified atom stereocenters. The summed E-state index contributed by atoms with van der Waals surface area (Å²) in [5.41, 5.74) is 7.34. The summed E-state index contributed by atoms with van der Waals surface area (Å²) >= 11 is 9.01. The van der Waals surface area contributed by atoms with Gasteiger partial charge in [0.1, 0.15) is 5.82 Å². The zero-order chi connectivity index (χ0) is 20.1. The molecule has 144 valence electrons. The number of aliphatic imine (C=N–C) groups is 1. The number of aryl methyl sites for hydroxylation is 1. The lowest BCUT2D eigenvalue weighted by atomic mass is 10.1. The first kappa shape index (κ1) is 20.0. The van der Waals surface area contributed by atoms with Gasteiger partial charge in [0.05, 0.1) is 10.2 Å². The molecule has 0 aliphatic heterocycles. The number of halogens is 3. The third kappa shape index (κ3) is 5.14. The van der Waals surface area contributed by atoms with Crippen LogP contribution in [0.2, 0.25) is 5.02 Å². The van der Waals surface area contributed by atoms with Crippen molar-refractivity contribution < 1.29 is 13.8 Å². The topological polar surface area (TPSA) is 106 Å². The second kappa shape index (κ2) is 8.94. The van der Waals surface area contributed by atoms with Crippen LogP contribution in [0.3, 0.4) is 0 Å². The molecular weight excluding hydrogens is 453 g/mol. The fourth-order valence-corrected chi connectivity index (χ4v) is 2.91. The SMILES string of the molecule is NC(=Nc1ccc(F)c(Br)c1)c1nonc1NC(=O)CCc1cccc(Cl)c1. The van der Waals surface area contributed by atoms with Gasteiger partial charge in [-0.15, -0.1) is 0 Å². The van der Waals surface area contributed by atoms with Crippen LogP contribution in [0.15, 0.2) is 56.6 Å². The number of hydrogen-bond donors (Lipinski definition) is 2. The molecule has 0 atom stereocenters. The van der Waals surface area contributed by atoms with E-state index in [9.17, 15) is 9.18 Å². The smallest absolute Gasteiger partial charge is 0.226 e. The van der Waals surface area contributed by atoms with Crippen LogP contribution in [0.25, 0.3) is 0 Å². The summed E-state index contributed by atoms with van der Waals surface area (Å²) < 4.78 is 18.2. The van der Waals surface area contributed by atoms with Crippen LogP contribution in [0.4, 0.5) is 15.9 Å². The molecule has 0 saturated heterocycles. The van der Waals surface area contributed by atoms with E-state index >= 15 is 0 Å². The summed E-state index contributed by atoms with van der Waals surface area (Å²) in [7, 11) is 0. The Balaban J connectivity index is 1.68. The van der Waals surface area contributed by atoms with E-state index < -0.39 is 5.82 Å². The van der Waals surface area contributed by atoms with E-state index in [1.165, 1.54) is 18.2 Å². The van der Waals surface area contributed by atoms with Crippen molar-refractivity contribution >= 4 is 50.8 Å². The van der Waals surface area contributed by atoms with Crippen molar-refractivity contribution in [3.05, 3.63) is 69.0 Å². The second-order valence-electron chi connectivity index (χ2n) is 5.73. The van der Waals surface area contributed by atoms with E-state index in [-0.39, 0.29) is 34.1 Å². The fourth-order valence-electron chi connectivity index (χ4n) is 2.33. The van der Waals surface area contributed by atoms with Gasteiger partial charge in [-0.25, -0.2) is 14.0 Å². The Morgan fingerprint density at radius 2 is 2.11 bits per heavy atom. The standard InChI is InChI=1S/C18H14BrClFN5O2/c19-13-9-12(5-6-14(13)21)23-17(22)16-18(26-28-25-16)24-15(27)7-4-10-2-1-3-11(20)8-10/h1-3,5-6,8-9H,4,7H2,(H2,22,23)(H,24,26,27). The third-order valence-electron chi connectivity index (χ3n) is 3.67. The maximum absolute atomic E-state index is 13.3. The first-order valence-electron chi connectivity index (χ1n) is 8.09. The van der Waals surface area contributed by atoms with Gasteiger partial charge in [0, 0.05) is 11.4 Å². The van der Waals surface area contributed by atoms with Crippen LogP contribution >= 0.6 is 27.5 Å². The van der Waals surface area contributed by atoms with Gasteiger partial charge in [0.2, 0.25) is 11.7 Å². The van der Waals surface area contributed by atoms with Gasteiger partial charge in [0.25, 0.3) is 0 Å². The van der Waals surface area contributed by atoms with Crippen LogP contribution in [0.5, 0.6) is 0 Å². The van der Waals surface area contributed by atoms with Crippen LogP contribution < -0.4 is 11.1 Å². The van der Waals surface area contributed by atoms with Crippen molar-refractivity contribution in [1.82, 2.24) is 10.3 Å². The van der Waals surface area contributed by atoms with Crippen molar-refractivity contribution in [3.8, 4) is 0 Å². The van der Waals surface area contributed by atoms with Gasteiger partial charge < -0.3 is 11.1 Å². The van der Waals surface area contributed by atoms with Crippen molar-refractivity contribution in [1.29, 1.82) is 0 Å². The quantitative estimate of drug-likeness (QED) is 0.417. The minimum Gasteiger partial charge on any atom is -0.382 e. The number of hydrogen-bond acceptors (Lipinski definition) is 5. The summed E-state index contributed by atoms with van der Waals surface area (Å²) in [6, 6.07) is 11.4. The van der Waals surface area contributed by atoms with Crippen molar-refractivity contribution in [2.75, 3.05) is 5.32 Å². The van der Waals surface area contributed by atoms with E-state index in [4.69, 9.17) is 17.3 Å². The van der Waals surface area contributed by atoms with E-state index in [1.54, 1.807) is 12.1 Å². The van der Waals surface area contributed by atoms with Gasteiger partial charge in [-0.1, -0.05) is 23.7 Å². The zero-order valence-corrected chi connectivity index (χ0v) is 16.7. The second-order valence-corrected chi connectivity index (χ2v) is 7.03. The highest BCUT2D eigenvalue weighted by Gasteiger charge is 2.17. The van der Waals surface area contributed by atoms with Crippen molar-refractivity contribution in [3.63, 3.8) is 0 Å². The zero-order valence-electron chi connectivity index (χ0n) is 14.3. The molecule has 1 amide bonds. The number of carbonyl (C=O) groups excluding carboxylic acids is 1. The van der Waals surface area contributed by atoms with Crippen molar-refractivity contribution in [2.24, 2.45) is 10.7 Å². The van der Waals surface area contributed by atoms with Crippen LogP contribution in [-0.2, 0) is 11.2 Å². The lowest BCUT2D eigenvalue weighted by molar-refractivity contribution is -0.116.